The minimum absolute atomic E-state index is 0.596. The number of aromatic nitrogens is 3. The highest BCUT2D eigenvalue weighted by Crippen LogP contribution is 2.39. The van der Waals surface area contributed by atoms with E-state index >= 15 is 0 Å². The molecule has 0 bridgehead atoms. The molecule has 9 aromatic rings. The van der Waals surface area contributed by atoms with E-state index < -0.39 is 0 Å². The molecule has 5 heteroatoms. The van der Waals surface area contributed by atoms with E-state index in [2.05, 4.69) is 109 Å². The van der Waals surface area contributed by atoms with Crippen molar-refractivity contribution < 1.29 is 4.42 Å². The first-order chi connectivity index (χ1) is 22.7. The van der Waals surface area contributed by atoms with Crippen molar-refractivity contribution in [3.8, 4) is 45.3 Å². The molecule has 2 heterocycles. The summed E-state index contributed by atoms with van der Waals surface area (Å²) in [5.41, 5.74) is 6.53. The smallest absolute Gasteiger partial charge is 0.164 e. The summed E-state index contributed by atoms with van der Waals surface area (Å²) < 4.78 is 6.19. The van der Waals surface area contributed by atoms with Gasteiger partial charge in [0.2, 0.25) is 0 Å². The highest BCUT2D eigenvalue weighted by molar-refractivity contribution is 6.36. The lowest BCUT2D eigenvalue weighted by molar-refractivity contribution is 0.669. The Hall–Kier alpha value is -5.84. The van der Waals surface area contributed by atoms with Gasteiger partial charge in [-0.3, -0.25) is 0 Å². The zero-order valence-electron chi connectivity index (χ0n) is 24.5. The molecule has 0 fully saturated rings. The molecule has 0 saturated carbocycles. The number of hydrogen-bond acceptors (Lipinski definition) is 4. The minimum Gasteiger partial charge on any atom is -0.454 e. The number of para-hydroxylation sites is 1. The van der Waals surface area contributed by atoms with Gasteiger partial charge in [-0.2, -0.15) is 0 Å². The summed E-state index contributed by atoms with van der Waals surface area (Å²) in [6, 6.07) is 49.7. The molecule has 0 N–H and O–H groups in total. The van der Waals surface area contributed by atoms with Crippen LogP contribution in [0.5, 0.6) is 0 Å². The maximum Gasteiger partial charge on any atom is 0.164 e. The van der Waals surface area contributed by atoms with Crippen molar-refractivity contribution in [3.05, 3.63) is 151 Å². The van der Waals surface area contributed by atoms with Gasteiger partial charge in [0.25, 0.3) is 0 Å². The average Bonchev–Trinajstić information content (AvgIpc) is 3.52. The molecule has 46 heavy (non-hydrogen) atoms. The lowest BCUT2D eigenvalue weighted by Gasteiger charge is -2.10. The molecule has 0 aliphatic carbocycles. The number of furan rings is 1. The van der Waals surface area contributed by atoms with E-state index in [1.165, 1.54) is 5.39 Å². The molecule has 9 rings (SSSR count). The van der Waals surface area contributed by atoms with Crippen LogP contribution in [0.3, 0.4) is 0 Å². The number of nitrogens with zero attached hydrogens (tertiary/aromatic N) is 3. The third-order valence-corrected chi connectivity index (χ3v) is 8.88. The van der Waals surface area contributed by atoms with E-state index in [0.717, 1.165) is 60.3 Å². The van der Waals surface area contributed by atoms with Gasteiger partial charge in [0.05, 0.1) is 5.02 Å². The van der Waals surface area contributed by atoms with Gasteiger partial charge in [-0.25, -0.2) is 15.0 Å². The largest absolute Gasteiger partial charge is 0.454 e. The summed E-state index contributed by atoms with van der Waals surface area (Å²) in [4.78, 5) is 15.1. The molecule has 2 aromatic heterocycles. The van der Waals surface area contributed by atoms with E-state index in [1.807, 2.05) is 36.4 Å². The van der Waals surface area contributed by atoms with Gasteiger partial charge in [-0.15, -0.1) is 0 Å². The highest BCUT2D eigenvalue weighted by atomic mass is 35.5. The molecular weight excluding hydrogens is 586 g/mol. The van der Waals surface area contributed by atoms with Crippen LogP contribution in [-0.4, -0.2) is 15.0 Å². The van der Waals surface area contributed by atoms with Gasteiger partial charge < -0.3 is 4.42 Å². The molecular formula is C41H24ClN3O. The highest BCUT2D eigenvalue weighted by Gasteiger charge is 2.16. The monoisotopic (exact) mass is 609 g/mol. The van der Waals surface area contributed by atoms with Crippen molar-refractivity contribution in [3.63, 3.8) is 0 Å². The molecule has 0 atom stereocenters. The normalized spacial score (nSPS) is 11.6. The van der Waals surface area contributed by atoms with Gasteiger partial charge >= 0.3 is 0 Å². The topological polar surface area (TPSA) is 51.8 Å². The third-order valence-electron chi connectivity index (χ3n) is 8.58. The van der Waals surface area contributed by atoms with Crippen LogP contribution in [0.1, 0.15) is 0 Å². The summed E-state index contributed by atoms with van der Waals surface area (Å²) in [6.07, 6.45) is 0. The van der Waals surface area contributed by atoms with Gasteiger partial charge in [-0.1, -0.05) is 133 Å². The summed E-state index contributed by atoms with van der Waals surface area (Å²) >= 11 is 6.52. The van der Waals surface area contributed by atoms with Crippen LogP contribution in [0.15, 0.2) is 150 Å². The first kappa shape index (κ1) is 26.6. The Labute approximate surface area is 269 Å². The van der Waals surface area contributed by atoms with Crippen LogP contribution in [0.2, 0.25) is 5.02 Å². The molecule has 0 aliphatic heterocycles. The van der Waals surface area contributed by atoms with Crippen molar-refractivity contribution in [2.24, 2.45) is 0 Å². The summed E-state index contributed by atoms with van der Waals surface area (Å²) in [5.74, 6) is 1.84. The first-order valence-electron chi connectivity index (χ1n) is 15.1. The van der Waals surface area contributed by atoms with Gasteiger partial charge in [-0.05, 0) is 56.9 Å². The molecule has 0 spiro atoms. The molecule has 0 aliphatic rings. The van der Waals surface area contributed by atoms with Crippen LogP contribution in [0, 0.1) is 0 Å². The van der Waals surface area contributed by atoms with Crippen molar-refractivity contribution in [2.75, 3.05) is 0 Å². The number of hydrogen-bond donors (Lipinski definition) is 0. The Morgan fingerprint density at radius 3 is 1.78 bits per heavy atom. The van der Waals surface area contributed by atoms with Gasteiger partial charge in [0.1, 0.15) is 5.58 Å². The zero-order chi connectivity index (χ0) is 30.6. The number of fused-ring (bicyclic) bond motifs is 6. The lowest BCUT2D eigenvalue weighted by Crippen LogP contribution is -2.00. The van der Waals surface area contributed by atoms with Crippen LogP contribution in [-0.2, 0) is 0 Å². The fourth-order valence-corrected chi connectivity index (χ4v) is 6.47. The van der Waals surface area contributed by atoms with Crippen molar-refractivity contribution >= 4 is 55.1 Å². The predicted molar refractivity (Wildman–Crippen MR) is 189 cm³/mol. The molecule has 4 nitrogen and oxygen atoms in total. The predicted octanol–water partition coefficient (Wildman–Crippen LogP) is 11.4. The average molecular weight is 610 g/mol. The lowest BCUT2D eigenvalue weighted by atomic mass is 10.0. The molecule has 0 radical (unpaired) electrons. The Morgan fingerprint density at radius 2 is 1.00 bits per heavy atom. The standard InChI is InChI=1S/C41H24ClN3O/c42-35-12-6-11-33-37-34-24-32(20-16-28(34)21-22-36(37)46-38(33)35)41-44-39(29-17-13-27(14-18-29)25-7-2-1-3-8-25)43-40(45-41)31-19-15-26-9-4-5-10-30(26)23-31/h1-24H. The third kappa shape index (κ3) is 4.50. The van der Waals surface area contributed by atoms with Crippen molar-refractivity contribution in [2.45, 2.75) is 0 Å². The molecule has 0 saturated heterocycles. The van der Waals surface area contributed by atoms with E-state index in [9.17, 15) is 0 Å². The Bertz CT molecular complexity index is 2590. The second-order valence-electron chi connectivity index (χ2n) is 11.4. The second-order valence-corrected chi connectivity index (χ2v) is 11.8. The van der Waals surface area contributed by atoms with Gasteiger partial charge in [0, 0.05) is 27.5 Å². The summed E-state index contributed by atoms with van der Waals surface area (Å²) in [5, 5.41) is 7.06. The number of rotatable bonds is 4. The maximum atomic E-state index is 6.52. The Morgan fingerprint density at radius 1 is 0.413 bits per heavy atom. The van der Waals surface area contributed by atoms with Crippen LogP contribution < -0.4 is 0 Å². The molecule has 0 unspecified atom stereocenters. The number of benzene rings is 7. The molecule has 216 valence electrons. The Kier molecular flexibility index (Phi) is 6.15. The van der Waals surface area contributed by atoms with Crippen molar-refractivity contribution in [1.82, 2.24) is 15.0 Å². The zero-order valence-corrected chi connectivity index (χ0v) is 25.2. The Balaban J connectivity index is 1.24. The quantitative estimate of drug-likeness (QED) is 0.199. The fourth-order valence-electron chi connectivity index (χ4n) is 6.25. The number of halogens is 1. The first-order valence-corrected chi connectivity index (χ1v) is 15.5. The van der Waals surface area contributed by atoms with Crippen LogP contribution in [0.25, 0.3) is 88.8 Å². The van der Waals surface area contributed by atoms with E-state index in [0.29, 0.717) is 28.1 Å². The maximum absolute atomic E-state index is 6.52. The van der Waals surface area contributed by atoms with Gasteiger partial charge in [0.15, 0.2) is 23.1 Å². The summed E-state index contributed by atoms with van der Waals surface area (Å²) in [6.45, 7) is 0. The van der Waals surface area contributed by atoms with E-state index in [4.69, 9.17) is 31.0 Å². The van der Waals surface area contributed by atoms with E-state index in [1.54, 1.807) is 0 Å². The second kappa shape index (κ2) is 10.7. The summed E-state index contributed by atoms with van der Waals surface area (Å²) in [7, 11) is 0. The SMILES string of the molecule is Clc1cccc2c1oc1ccc3ccc(-c4nc(-c5ccc(-c6ccccc6)cc5)nc(-c5ccc6ccccc6c5)n4)cc3c12. The van der Waals surface area contributed by atoms with Crippen LogP contribution >= 0.6 is 11.6 Å². The van der Waals surface area contributed by atoms with Crippen LogP contribution in [0.4, 0.5) is 0 Å². The minimum atomic E-state index is 0.596. The van der Waals surface area contributed by atoms with E-state index in [-0.39, 0.29) is 0 Å². The molecule has 7 aromatic carbocycles. The van der Waals surface area contributed by atoms with Crippen molar-refractivity contribution in [1.29, 1.82) is 0 Å². The fraction of sp³-hybridized carbons (Fsp3) is 0. The molecule has 0 amide bonds.